The highest BCUT2D eigenvalue weighted by atomic mass is 19.4. The first kappa shape index (κ1) is 14.2. The SMILES string of the molecule is O=C(CCc1cc[nH]c1)Oc1ccccc1C(F)(F)F. The van der Waals surface area contributed by atoms with Crippen LogP contribution in [0.25, 0.3) is 0 Å². The van der Waals surface area contributed by atoms with Gasteiger partial charge in [-0.3, -0.25) is 4.79 Å². The van der Waals surface area contributed by atoms with Crippen molar-refractivity contribution in [3.8, 4) is 5.75 Å². The van der Waals surface area contributed by atoms with Crippen LogP contribution in [0.4, 0.5) is 13.2 Å². The molecule has 2 rings (SSSR count). The molecule has 0 atom stereocenters. The molecule has 0 aliphatic rings. The highest BCUT2D eigenvalue weighted by Gasteiger charge is 2.34. The van der Waals surface area contributed by atoms with E-state index in [-0.39, 0.29) is 6.42 Å². The Labute approximate surface area is 113 Å². The summed E-state index contributed by atoms with van der Waals surface area (Å²) in [7, 11) is 0. The van der Waals surface area contributed by atoms with Gasteiger partial charge in [-0.25, -0.2) is 0 Å². The van der Waals surface area contributed by atoms with Crippen LogP contribution in [0.2, 0.25) is 0 Å². The van der Waals surface area contributed by atoms with E-state index in [0.717, 1.165) is 17.7 Å². The summed E-state index contributed by atoms with van der Waals surface area (Å²) in [5, 5.41) is 0. The zero-order valence-corrected chi connectivity index (χ0v) is 10.4. The van der Waals surface area contributed by atoms with Crippen LogP contribution in [0.3, 0.4) is 0 Å². The number of aryl methyl sites for hydroxylation is 1. The molecule has 1 heterocycles. The second-order valence-electron chi connectivity index (χ2n) is 4.19. The van der Waals surface area contributed by atoms with E-state index < -0.39 is 23.5 Å². The number of nitrogens with one attached hydrogen (secondary N) is 1. The number of esters is 1. The molecule has 20 heavy (non-hydrogen) atoms. The normalized spacial score (nSPS) is 11.3. The van der Waals surface area contributed by atoms with Crippen molar-refractivity contribution in [2.75, 3.05) is 0 Å². The molecule has 0 unspecified atom stereocenters. The van der Waals surface area contributed by atoms with Crippen LogP contribution >= 0.6 is 0 Å². The van der Waals surface area contributed by atoms with Crippen LogP contribution in [-0.2, 0) is 17.4 Å². The van der Waals surface area contributed by atoms with E-state index in [1.165, 1.54) is 12.1 Å². The molecule has 0 spiro atoms. The third kappa shape index (κ3) is 3.63. The summed E-state index contributed by atoms with van der Waals surface area (Å²) in [4.78, 5) is 14.4. The van der Waals surface area contributed by atoms with E-state index in [9.17, 15) is 18.0 Å². The standard InChI is InChI=1S/C14H12F3NO2/c15-14(16,17)11-3-1-2-4-12(11)20-13(19)6-5-10-7-8-18-9-10/h1-4,7-9,18H,5-6H2. The van der Waals surface area contributed by atoms with E-state index in [2.05, 4.69) is 4.98 Å². The van der Waals surface area contributed by atoms with Crippen molar-refractivity contribution in [1.29, 1.82) is 0 Å². The first-order valence-corrected chi connectivity index (χ1v) is 5.95. The molecule has 1 aromatic carbocycles. The number of H-pyrrole nitrogens is 1. The van der Waals surface area contributed by atoms with Crippen molar-refractivity contribution in [3.63, 3.8) is 0 Å². The van der Waals surface area contributed by atoms with Crippen molar-refractivity contribution in [3.05, 3.63) is 53.9 Å². The van der Waals surface area contributed by atoms with Gasteiger partial charge in [0.25, 0.3) is 0 Å². The molecule has 1 N–H and O–H groups in total. The Hall–Kier alpha value is -2.24. The fourth-order valence-electron chi connectivity index (χ4n) is 1.72. The van der Waals surface area contributed by atoms with Crippen LogP contribution < -0.4 is 4.74 Å². The van der Waals surface area contributed by atoms with Gasteiger partial charge in [0.15, 0.2) is 0 Å². The second kappa shape index (κ2) is 5.81. The highest BCUT2D eigenvalue weighted by molar-refractivity contribution is 5.73. The van der Waals surface area contributed by atoms with Crippen LogP contribution in [0.5, 0.6) is 5.75 Å². The van der Waals surface area contributed by atoms with E-state index in [1.54, 1.807) is 18.5 Å². The van der Waals surface area contributed by atoms with E-state index in [0.29, 0.717) is 6.42 Å². The molecular formula is C14H12F3NO2. The molecule has 6 heteroatoms. The monoisotopic (exact) mass is 283 g/mol. The van der Waals surface area contributed by atoms with Gasteiger partial charge in [-0.1, -0.05) is 12.1 Å². The third-order valence-electron chi connectivity index (χ3n) is 2.70. The largest absolute Gasteiger partial charge is 0.426 e. The molecule has 2 aromatic rings. The minimum Gasteiger partial charge on any atom is -0.426 e. The van der Waals surface area contributed by atoms with Gasteiger partial charge in [0.2, 0.25) is 0 Å². The van der Waals surface area contributed by atoms with E-state index in [4.69, 9.17) is 4.74 Å². The summed E-state index contributed by atoms with van der Waals surface area (Å²) in [5.74, 6) is -1.15. The number of aromatic nitrogens is 1. The summed E-state index contributed by atoms with van der Waals surface area (Å²) < 4.78 is 42.9. The molecule has 0 aliphatic heterocycles. The lowest BCUT2D eigenvalue weighted by Crippen LogP contribution is -2.13. The zero-order chi connectivity index (χ0) is 14.6. The first-order chi connectivity index (χ1) is 9.47. The summed E-state index contributed by atoms with van der Waals surface area (Å²) in [6.45, 7) is 0. The van der Waals surface area contributed by atoms with Gasteiger partial charge in [0, 0.05) is 12.4 Å². The molecule has 0 amide bonds. The number of carbonyl (C=O) groups excluding carboxylic acids is 1. The molecule has 1 aromatic heterocycles. The lowest BCUT2D eigenvalue weighted by Gasteiger charge is -2.12. The lowest BCUT2D eigenvalue weighted by atomic mass is 10.2. The van der Waals surface area contributed by atoms with E-state index >= 15 is 0 Å². The number of ether oxygens (including phenoxy) is 1. The summed E-state index contributed by atoms with van der Waals surface area (Å²) >= 11 is 0. The van der Waals surface area contributed by atoms with Gasteiger partial charge in [-0.05, 0) is 30.2 Å². The number of alkyl halides is 3. The van der Waals surface area contributed by atoms with Gasteiger partial charge in [0.05, 0.1) is 12.0 Å². The van der Waals surface area contributed by atoms with Gasteiger partial charge < -0.3 is 9.72 Å². The maximum Gasteiger partial charge on any atom is 0.419 e. The highest BCUT2D eigenvalue weighted by Crippen LogP contribution is 2.35. The van der Waals surface area contributed by atoms with Crippen molar-refractivity contribution in [1.82, 2.24) is 4.98 Å². The zero-order valence-electron chi connectivity index (χ0n) is 10.4. The number of para-hydroxylation sites is 1. The smallest absolute Gasteiger partial charge is 0.419 e. The fourth-order valence-corrected chi connectivity index (χ4v) is 1.72. The number of aromatic amines is 1. The minimum absolute atomic E-state index is 0.0179. The Kier molecular flexibility index (Phi) is 4.12. The van der Waals surface area contributed by atoms with Crippen LogP contribution in [0.15, 0.2) is 42.7 Å². The van der Waals surface area contributed by atoms with Gasteiger partial charge in [0.1, 0.15) is 5.75 Å². The Morgan fingerprint density at radius 1 is 1.20 bits per heavy atom. The van der Waals surface area contributed by atoms with Crippen LogP contribution in [0.1, 0.15) is 17.5 Å². The van der Waals surface area contributed by atoms with Crippen molar-refractivity contribution < 1.29 is 22.7 Å². The summed E-state index contributed by atoms with van der Waals surface area (Å²) in [6.07, 6.45) is -0.686. The molecule has 106 valence electrons. The number of hydrogen-bond donors (Lipinski definition) is 1. The van der Waals surface area contributed by atoms with Crippen molar-refractivity contribution >= 4 is 5.97 Å². The van der Waals surface area contributed by atoms with Crippen molar-refractivity contribution in [2.45, 2.75) is 19.0 Å². The fraction of sp³-hybridized carbons (Fsp3) is 0.214. The Balaban J connectivity index is 2.01. The maximum absolute atomic E-state index is 12.7. The molecule has 0 radical (unpaired) electrons. The molecule has 0 bridgehead atoms. The first-order valence-electron chi connectivity index (χ1n) is 5.95. The van der Waals surface area contributed by atoms with Crippen LogP contribution in [-0.4, -0.2) is 11.0 Å². The minimum atomic E-state index is -4.54. The summed E-state index contributed by atoms with van der Waals surface area (Å²) in [5.41, 5.74) is -0.0546. The predicted molar refractivity (Wildman–Crippen MR) is 66.2 cm³/mol. The molecular weight excluding hydrogens is 271 g/mol. The second-order valence-corrected chi connectivity index (χ2v) is 4.19. The number of halogens is 3. The average molecular weight is 283 g/mol. The Morgan fingerprint density at radius 3 is 2.60 bits per heavy atom. The van der Waals surface area contributed by atoms with E-state index in [1.807, 2.05) is 0 Å². The summed E-state index contributed by atoms with van der Waals surface area (Å²) in [6, 6.07) is 6.45. The maximum atomic E-state index is 12.7. The molecule has 0 saturated carbocycles. The number of benzene rings is 1. The molecule has 0 saturated heterocycles. The number of carbonyl (C=O) groups is 1. The molecule has 0 fully saturated rings. The Bertz CT molecular complexity index is 576. The van der Waals surface area contributed by atoms with Crippen molar-refractivity contribution in [2.24, 2.45) is 0 Å². The number of hydrogen-bond acceptors (Lipinski definition) is 2. The quantitative estimate of drug-likeness (QED) is 0.688. The predicted octanol–water partition coefficient (Wildman–Crippen LogP) is 3.57. The third-order valence-corrected chi connectivity index (χ3v) is 2.70. The molecule has 0 aliphatic carbocycles. The Morgan fingerprint density at radius 2 is 1.95 bits per heavy atom. The number of rotatable bonds is 4. The lowest BCUT2D eigenvalue weighted by molar-refractivity contribution is -0.142. The van der Waals surface area contributed by atoms with Gasteiger partial charge in [-0.2, -0.15) is 13.2 Å². The van der Waals surface area contributed by atoms with Gasteiger partial charge in [-0.15, -0.1) is 0 Å². The average Bonchev–Trinajstić information content (AvgIpc) is 2.89. The van der Waals surface area contributed by atoms with Gasteiger partial charge >= 0.3 is 12.1 Å². The molecule has 3 nitrogen and oxygen atoms in total. The topological polar surface area (TPSA) is 42.1 Å². The van der Waals surface area contributed by atoms with Crippen LogP contribution in [0, 0.1) is 0 Å².